The van der Waals surface area contributed by atoms with Gasteiger partial charge in [0.2, 0.25) is 10.0 Å². The monoisotopic (exact) mass is 287 g/mol. The molecule has 0 bridgehead atoms. The molecule has 1 fully saturated rings. The van der Waals surface area contributed by atoms with Crippen LogP contribution in [0.1, 0.15) is 36.5 Å². The molecule has 0 radical (unpaired) electrons. The standard InChI is InChI=1S/C11H17N3O4S/c1-6-9(8(10(15)16)14-13-6)19(17,18)12-5-7-4-11(7,2)3/h7,12H,4-5H2,1-3H3,(H,13,14)(H,15,16). The van der Waals surface area contributed by atoms with Crippen LogP contribution in [-0.2, 0) is 10.0 Å². The number of H-pyrrole nitrogens is 1. The third kappa shape index (κ3) is 2.64. The molecule has 1 aliphatic rings. The van der Waals surface area contributed by atoms with Crippen LogP contribution in [0.2, 0.25) is 0 Å². The van der Waals surface area contributed by atoms with Gasteiger partial charge in [0.05, 0.1) is 5.69 Å². The molecule has 1 aromatic heterocycles. The van der Waals surface area contributed by atoms with E-state index in [1.54, 1.807) is 0 Å². The molecule has 19 heavy (non-hydrogen) atoms. The summed E-state index contributed by atoms with van der Waals surface area (Å²) in [6.07, 6.45) is 0.964. The third-order valence-corrected chi connectivity index (χ3v) is 5.18. The van der Waals surface area contributed by atoms with E-state index in [1.807, 2.05) is 0 Å². The number of carboxylic acid groups (broad SMARTS) is 1. The Morgan fingerprint density at radius 1 is 1.58 bits per heavy atom. The first kappa shape index (κ1) is 14.0. The van der Waals surface area contributed by atoms with Crippen LogP contribution in [-0.4, -0.2) is 36.2 Å². The molecule has 0 spiro atoms. The van der Waals surface area contributed by atoms with Crippen LogP contribution in [0.4, 0.5) is 0 Å². The van der Waals surface area contributed by atoms with E-state index in [-0.39, 0.29) is 16.0 Å². The Bertz CT molecular complexity index is 618. The van der Waals surface area contributed by atoms with Crippen LogP contribution in [0.25, 0.3) is 0 Å². The van der Waals surface area contributed by atoms with Gasteiger partial charge in [-0.1, -0.05) is 13.8 Å². The zero-order valence-corrected chi connectivity index (χ0v) is 11.8. The van der Waals surface area contributed by atoms with Crippen molar-refractivity contribution in [2.45, 2.75) is 32.1 Å². The average molecular weight is 287 g/mol. The zero-order chi connectivity index (χ0) is 14.4. The van der Waals surface area contributed by atoms with E-state index >= 15 is 0 Å². The minimum absolute atomic E-state index is 0.156. The number of carbonyl (C=O) groups is 1. The number of nitrogens with zero attached hydrogens (tertiary/aromatic N) is 1. The van der Waals surface area contributed by atoms with Gasteiger partial charge in [0.15, 0.2) is 5.69 Å². The lowest BCUT2D eigenvalue weighted by Crippen LogP contribution is -2.28. The highest BCUT2D eigenvalue weighted by atomic mass is 32.2. The number of aromatic carboxylic acids is 1. The zero-order valence-electron chi connectivity index (χ0n) is 11.0. The Morgan fingerprint density at radius 2 is 2.16 bits per heavy atom. The molecule has 7 nitrogen and oxygen atoms in total. The first-order valence-electron chi connectivity index (χ1n) is 5.93. The molecule has 1 aromatic rings. The van der Waals surface area contributed by atoms with Crippen molar-refractivity contribution in [2.24, 2.45) is 11.3 Å². The van der Waals surface area contributed by atoms with Crippen LogP contribution in [0.5, 0.6) is 0 Å². The Kier molecular flexibility index (Phi) is 3.18. The van der Waals surface area contributed by atoms with Crippen molar-refractivity contribution in [1.29, 1.82) is 0 Å². The molecule has 2 rings (SSSR count). The summed E-state index contributed by atoms with van der Waals surface area (Å²) in [6.45, 7) is 5.93. The summed E-state index contributed by atoms with van der Waals surface area (Å²) in [6, 6.07) is 0. The van der Waals surface area contributed by atoms with Gasteiger partial charge < -0.3 is 5.11 Å². The van der Waals surface area contributed by atoms with Crippen molar-refractivity contribution in [3.8, 4) is 0 Å². The third-order valence-electron chi connectivity index (χ3n) is 3.60. The van der Waals surface area contributed by atoms with E-state index in [0.717, 1.165) is 6.42 Å². The molecule has 8 heteroatoms. The van der Waals surface area contributed by atoms with E-state index in [9.17, 15) is 13.2 Å². The van der Waals surface area contributed by atoms with Gasteiger partial charge in [0.1, 0.15) is 4.90 Å². The van der Waals surface area contributed by atoms with Crippen molar-refractivity contribution < 1.29 is 18.3 Å². The van der Waals surface area contributed by atoms with Crippen molar-refractivity contribution in [3.05, 3.63) is 11.4 Å². The van der Waals surface area contributed by atoms with Gasteiger partial charge in [-0.2, -0.15) is 5.10 Å². The lowest BCUT2D eigenvalue weighted by molar-refractivity contribution is 0.0686. The van der Waals surface area contributed by atoms with Gasteiger partial charge in [0.25, 0.3) is 0 Å². The summed E-state index contributed by atoms with van der Waals surface area (Å²) in [5.74, 6) is -1.07. The van der Waals surface area contributed by atoms with E-state index in [4.69, 9.17) is 5.11 Å². The van der Waals surface area contributed by atoms with Crippen LogP contribution in [0.15, 0.2) is 4.90 Å². The molecular formula is C11H17N3O4S. The summed E-state index contributed by atoms with van der Waals surface area (Å²) in [7, 11) is -3.85. The summed E-state index contributed by atoms with van der Waals surface area (Å²) < 4.78 is 26.8. The summed E-state index contributed by atoms with van der Waals surface area (Å²) in [5, 5.41) is 14.8. The number of aromatic amines is 1. The Labute approximate surface area is 111 Å². The number of hydrogen-bond acceptors (Lipinski definition) is 4. The first-order valence-corrected chi connectivity index (χ1v) is 7.41. The fourth-order valence-corrected chi connectivity index (χ4v) is 3.50. The van der Waals surface area contributed by atoms with Crippen LogP contribution in [0, 0.1) is 18.3 Å². The van der Waals surface area contributed by atoms with E-state index in [1.165, 1.54) is 6.92 Å². The second-order valence-corrected chi connectivity index (χ2v) is 7.28. The Hall–Kier alpha value is -1.41. The topological polar surface area (TPSA) is 112 Å². The smallest absolute Gasteiger partial charge is 0.357 e. The molecule has 1 unspecified atom stereocenters. The predicted molar refractivity (Wildman–Crippen MR) is 67.4 cm³/mol. The fraction of sp³-hybridized carbons (Fsp3) is 0.636. The van der Waals surface area contributed by atoms with Crippen molar-refractivity contribution in [1.82, 2.24) is 14.9 Å². The summed E-state index contributed by atoms with van der Waals surface area (Å²) in [5.41, 5.74) is -0.0936. The number of carboxylic acids is 1. The van der Waals surface area contributed by atoms with Gasteiger partial charge in [-0.25, -0.2) is 17.9 Å². The number of aromatic nitrogens is 2. The highest BCUT2D eigenvalue weighted by Gasteiger charge is 2.45. The lowest BCUT2D eigenvalue weighted by atomic mass is 10.1. The number of hydrogen-bond donors (Lipinski definition) is 3. The fourth-order valence-electron chi connectivity index (χ4n) is 2.10. The molecule has 106 valence electrons. The average Bonchev–Trinajstić information content (AvgIpc) is 2.69. The molecule has 0 aromatic carbocycles. The summed E-state index contributed by atoms with van der Waals surface area (Å²) in [4.78, 5) is 10.7. The Morgan fingerprint density at radius 3 is 2.63 bits per heavy atom. The molecule has 0 saturated heterocycles. The normalized spacial score (nSPS) is 21.3. The molecule has 3 N–H and O–H groups in total. The number of aryl methyl sites for hydroxylation is 1. The van der Waals surface area contributed by atoms with E-state index in [2.05, 4.69) is 28.8 Å². The minimum atomic E-state index is -3.85. The molecule has 0 amide bonds. The number of nitrogens with one attached hydrogen (secondary N) is 2. The lowest BCUT2D eigenvalue weighted by Gasteiger charge is -2.07. The summed E-state index contributed by atoms with van der Waals surface area (Å²) >= 11 is 0. The van der Waals surface area contributed by atoms with Crippen LogP contribution < -0.4 is 4.72 Å². The Balaban J connectivity index is 2.20. The van der Waals surface area contributed by atoms with Crippen LogP contribution >= 0.6 is 0 Å². The predicted octanol–water partition coefficient (Wildman–Crippen LogP) is 0.741. The molecule has 1 heterocycles. The van der Waals surface area contributed by atoms with Gasteiger partial charge in [-0.3, -0.25) is 5.10 Å². The number of sulfonamides is 1. The second-order valence-electron chi connectivity index (χ2n) is 5.57. The first-order chi connectivity index (χ1) is 8.65. The molecule has 1 saturated carbocycles. The quantitative estimate of drug-likeness (QED) is 0.739. The highest BCUT2D eigenvalue weighted by Crippen LogP contribution is 2.51. The number of rotatable bonds is 5. The van der Waals surface area contributed by atoms with Gasteiger partial charge >= 0.3 is 5.97 Å². The maximum Gasteiger partial charge on any atom is 0.357 e. The van der Waals surface area contributed by atoms with Crippen molar-refractivity contribution in [2.75, 3.05) is 6.54 Å². The van der Waals surface area contributed by atoms with Gasteiger partial charge in [0, 0.05) is 6.54 Å². The highest BCUT2D eigenvalue weighted by molar-refractivity contribution is 7.89. The molecular weight excluding hydrogens is 270 g/mol. The largest absolute Gasteiger partial charge is 0.476 e. The van der Waals surface area contributed by atoms with E-state index < -0.39 is 21.7 Å². The molecule has 1 aliphatic carbocycles. The van der Waals surface area contributed by atoms with Gasteiger partial charge in [-0.05, 0) is 24.7 Å². The SMILES string of the molecule is Cc1[nH]nc(C(=O)O)c1S(=O)(=O)NCC1CC1(C)C. The van der Waals surface area contributed by atoms with E-state index in [0.29, 0.717) is 12.5 Å². The van der Waals surface area contributed by atoms with Crippen LogP contribution in [0.3, 0.4) is 0 Å². The molecule has 1 atom stereocenters. The maximum atomic E-state index is 12.1. The van der Waals surface area contributed by atoms with Crippen molar-refractivity contribution in [3.63, 3.8) is 0 Å². The minimum Gasteiger partial charge on any atom is -0.476 e. The maximum absolute atomic E-state index is 12.1. The second kappa shape index (κ2) is 4.31. The molecule has 0 aliphatic heterocycles. The van der Waals surface area contributed by atoms with Gasteiger partial charge in [-0.15, -0.1) is 0 Å². The van der Waals surface area contributed by atoms with Crippen molar-refractivity contribution >= 4 is 16.0 Å².